The first-order valence-electron chi connectivity index (χ1n) is 13.4. The number of pyridine rings is 1. The number of carbonyl (C=O) groups is 1. The molecule has 2 aromatic rings. The zero-order chi connectivity index (χ0) is 23.7. The van der Waals surface area contributed by atoms with Gasteiger partial charge in [-0.3, -0.25) is 14.5 Å². The molecule has 1 aromatic heterocycles. The standard InChI is InChI=1S/C28H40N4O2/c1-20(2)32-26-10-4-3-9-21(26)17-25(28(32)34)27(33)29-22-18-23-11-12-24(19-22)31(23)16-8-7-15-30-13-5-6-14-30/h3-4,9-10,17,20,22-24H,5-8,11-16,18-19H2,1-2H3,(H,29,33). The first kappa shape index (κ1) is 23.6. The minimum Gasteiger partial charge on any atom is -0.349 e. The zero-order valence-electron chi connectivity index (χ0n) is 20.8. The lowest BCUT2D eigenvalue weighted by Gasteiger charge is -2.39. The number of rotatable bonds is 8. The summed E-state index contributed by atoms with van der Waals surface area (Å²) < 4.78 is 1.75. The van der Waals surface area contributed by atoms with Crippen molar-refractivity contribution in [2.24, 2.45) is 0 Å². The fourth-order valence-electron chi connectivity index (χ4n) is 6.62. The Balaban J connectivity index is 1.21. The van der Waals surface area contributed by atoms with Gasteiger partial charge in [0.25, 0.3) is 11.5 Å². The molecule has 1 aromatic carbocycles. The van der Waals surface area contributed by atoms with E-state index in [2.05, 4.69) is 15.1 Å². The quantitative estimate of drug-likeness (QED) is 0.596. The Morgan fingerprint density at radius 1 is 1.03 bits per heavy atom. The summed E-state index contributed by atoms with van der Waals surface area (Å²) in [5.41, 5.74) is 0.962. The minimum absolute atomic E-state index is 0.00491. The maximum atomic E-state index is 13.3. The van der Waals surface area contributed by atoms with Crippen LogP contribution in [0.5, 0.6) is 0 Å². The molecule has 0 aliphatic carbocycles. The Bertz CT molecular complexity index is 1060. The van der Waals surface area contributed by atoms with Crippen LogP contribution in [0.3, 0.4) is 0 Å². The van der Waals surface area contributed by atoms with Crippen molar-refractivity contribution in [1.29, 1.82) is 0 Å². The van der Waals surface area contributed by atoms with Crippen LogP contribution in [0.2, 0.25) is 0 Å². The molecule has 2 unspecified atom stereocenters. The summed E-state index contributed by atoms with van der Waals surface area (Å²) in [6, 6.07) is 10.9. The highest BCUT2D eigenvalue weighted by Gasteiger charge is 2.40. The Morgan fingerprint density at radius 3 is 2.41 bits per heavy atom. The molecule has 0 spiro atoms. The number of piperidine rings is 1. The number of unbranched alkanes of at least 4 members (excludes halogenated alkanes) is 1. The molecule has 34 heavy (non-hydrogen) atoms. The Morgan fingerprint density at radius 2 is 1.71 bits per heavy atom. The third kappa shape index (κ3) is 4.80. The van der Waals surface area contributed by atoms with Crippen molar-refractivity contribution in [2.75, 3.05) is 26.2 Å². The van der Waals surface area contributed by atoms with Gasteiger partial charge in [0.2, 0.25) is 0 Å². The van der Waals surface area contributed by atoms with Gasteiger partial charge in [-0.2, -0.15) is 0 Å². The van der Waals surface area contributed by atoms with E-state index in [0.717, 1.165) is 23.7 Å². The average Bonchev–Trinajstić information content (AvgIpc) is 3.41. The molecular weight excluding hydrogens is 424 g/mol. The van der Waals surface area contributed by atoms with E-state index in [9.17, 15) is 9.59 Å². The number of aromatic nitrogens is 1. The molecule has 1 N–H and O–H groups in total. The molecule has 184 valence electrons. The predicted octanol–water partition coefficient (Wildman–Crippen LogP) is 4.18. The van der Waals surface area contributed by atoms with E-state index in [1.807, 2.05) is 38.1 Å². The summed E-state index contributed by atoms with van der Waals surface area (Å²) in [5, 5.41) is 4.18. The third-order valence-electron chi connectivity index (χ3n) is 8.27. The van der Waals surface area contributed by atoms with Crippen LogP contribution in [0.1, 0.15) is 81.6 Å². The van der Waals surface area contributed by atoms with Gasteiger partial charge in [-0.05, 0) is 109 Å². The highest BCUT2D eigenvalue weighted by atomic mass is 16.2. The number of fused-ring (bicyclic) bond motifs is 3. The summed E-state index contributed by atoms with van der Waals surface area (Å²) >= 11 is 0. The van der Waals surface area contributed by atoms with Gasteiger partial charge in [-0.15, -0.1) is 0 Å². The van der Waals surface area contributed by atoms with Gasteiger partial charge in [0.1, 0.15) is 5.56 Å². The molecule has 2 bridgehead atoms. The lowest BCUT2D eigenvalue weighted by molar-refractivity contribution is 0.0838. The largest absolute Gasteiger partial charge is 0.349 e. The number of amides is 1. The topological polar surface area (TPSA) is 57.6 Å². The molecular formula is C28H40N4O2. The number of carbonyl (C=O) groups excluding carboxylic acids is 1. The molecule has 3 fully saturated rings. The van der Waals surface area contributed by atoms with Crippen molar-refractivity contribution < 1.29 is 4.79 Å². The van der Waals surface area contributed by atoms with E-state index >= 15 is 0 Å². The second kappa shape index (κ2) is 10.2. The lowest BCUT2D eigenvalue weighted by Crippen LogP contribution is -2.51. The van der Waals surface area contributed by atoms with Crippen molar-refractivity contribution in [1.82, 2.24) is 19.7 Å². The first-order valence-corrected chi connectivity index (χ1v) is 13.4. The fourth-order valence-corrected chi connectivity index (χ4v) is 6.62. The van der Waals surface area contributed by atoms with Crippen molar-refractivity contribution in [3.05, 3.63) is 46.2 Å². The van der Waals surface area contributed by atoms with E-state index in [4.69, 9.17) is 0 Å². The van der Waals surface area contributed by atoms with Crippen LogP contribution in [0, 0.1) is 0 Å². The molecule has 3 aliphatic rings. The van der Waals surface area contributed by atoms with Crippen molar-refractivity contribution in [2.45, 2.75) is 89.4 Å². The smallest absolute Gasteiger partial charge is 0.264 e. The average molecular weight is 465 g/mol. The van der Waals surface area contributed by atoms with Crippen LogP contribution < -0.4 is 10.9 Å². The normalized spacial score (nSPS) is 25.4. The third-order valence-corrected chi connectivity index (χ3v) is 8.27. The van der Waals surface area contributed by atoms with Crippen LogP contribution in [0.25, 0.3) is 10.9 Å². The number of nitrogens with one attached hydrogen (secondary N) is 1. The predicted molar refractivity (Wildman–Crippen MR) is 138 cm³/mol. The molecule has 6 nitrogen and oxygen atoms in total. The van der Waals surface area contributed by atoms with E-state index in [1.54, 1.807) is 10.6 Å². The highest BCUT2D eigenvalue weighted by molar-refractivity contribution is 5.97. The SMILES string of the molecule is CC(C)n1c(=O)c(C(=O)NC2CC3CCC(C2)N3CCCCN2CCCC2)cc2ccccc21. The van der Waals surface area contributed by atoms with Crippen LogP contribution in [-0.4, -0.2) is 64.6 Å². The molecule has 3 aliphatic heterocycles. The molecule has 4 heterocycles. The summed E-state index contributed by atoms with van der Waals surface area (Å²) in [7, 11) is 0. The number of benzene rings is 1. The van der Waals surface area contributed by atoms with Gasteiger partial charge in [0.05, 0.1) is 5.52 Å². The van der Waals surface area contributed by atoms with Gasteiger partial charge in [0.15, 0.2) is 0 Å². The number of likely N-dealkylation sites (tertiary alicyclic amines) is 1. The lowest BCUT2D eigenvalue weighted by atomic mass is 9.96. The summed E-state index contributed by atoms with van der Waals surface area (Å²) in [4.78, 5) is 31.8. The van der Waals surface area contributed by atoms with E-state index in [0.29, 0.717) is 12.1 Å². The van der Waals surface area contributed by atoms with Gasteiger partial charge in [-0.1, -0.05) is 18.2 Å². The molecule has 1 amide bonds. The molecule has 6 heteroatoms. The summed E-state index contributed by atoms with van der Waals surface area (Å²) in [6.07, 6.45) is 9.77. The summed E-state index contributed by atoms with van der Waals surface area (Å²) in [6.45, 7) is 9.00. The van der Waals surface area contributed by atoms with Crippen LogP contribution in [0.4, 0.5) is 0 Å². The monoisotopic (exact) mass is 464 g/mol. The maximum absolute atomic E-state index is 13.3. The molecule has 5 rings (SSSR count). The van der Waals surface area contributed by atoms with Gasteiger partial charge in [-0.25, -0.2) is 0 Å². The maximum Gasteiger partial charge on any atom is 0.264 e. The fraction of sp³-hybridized carbons (Fsp3) is 0.643. The van der Waals surface area contributed by atoms with Crippen LogP contribution in [0.15, 0.2) is 35.1 Å². The van der Waals surface area contributed by atoms with Crippen LogP contribution >= 0.6 is 0 Å². The van der Waals surface area contributed by atoms with Gasteiger partial charge < -0.3 is 14.8 Å². The number of hydrogen-bond acceptors (Lipinski definition) is 4. The molecule has 2 atom stereocenters. The Hall–Kier alpha value is -2.18. The zero-order valence-corrected chi connectivity index (χ0v) is 20.8. The van der Waals surface area contributed by atoms with E-state index < -0.39 is 0 Å². The molecule has 0 radical (unpaired) electrons. The summed E-state index contributed by atoms with van der Waals surface area (Å²) in [5.74, 6) is -0.214. The number of para-hydroxylation sites is 1. The Labute approximate surface area is 203 Å². The van der Waals surface area contributed by atoms with Gasteiger partial charge in [0, 0.05) is 24.2 Å². The minimum atomic E-state index is -0.214. The van der Waals surface area contributed by atoms with E-state index in [-0.39, 0.29) is 29.1 Å². The van der Waals surface area contributed by atoms with Crippen molar-refractivity contribution in [3.63, 3.8) is 0 Å². The molecule has 3 saturated heterocycles. The van der Waals surface area contributed by atoms with E-state index in [1.165, 1.54) is 64.7 Å². The van der Waals surface area contributed by atoms with Crippen molar-refractivity contribution in [3.8, 4) is 0 Å². The Kier molecular flexibility index (Phi) is 7.07. The second-order valence-electron chi connectivity index (χ2n) is 10.9. The van der Waals surface area contributed by atoms with Gasteiger partial charge >= 0.3 is 0 Å². The highest BCUT2D eigenvalue weighted by Crippen LogP contribution is 2.36. The molecule has 0 saturated carbocycles. The van der Waals surface area contributed by atoms with Crippen molar-refractivity contribution >= 4 is 16.8 Å². The number of nitrogens with zero attached hydrogens (tertiary/aromatic N) is 3. The first-order chi connectivity index (χ1) is 16.5. The van der Waals surface area contributed by atoms with Crippen LogP contribution in [-0.2, 0) is 0 Å². The number of hydrogen-bond donors (Lipinski definition) is 1. The second-order valence-corrected chi connectivity index (χ2v) is 10.9.